The molecule has 0 fully saturated rings. The fourth-order valence-corrected chi connectivity index (χ4v) is 1.54. The topological polar surface area (TPSA) is 52.0 Å². The molecule has 0 aliphatic heterocycles. The largest absolute Gasteiger partial charge is 0.308 e. The SMILES string of the molecule is CCn1nccc1CS(=O)(=O)F. The van der Waals surface area contributed by atoms with Crippen molar-refractivity contribution in [2.24, 2.45) is 0 Å². The fraction of sp³-hybridized carbons (Fsp3) is 0.500. The number of nitrogens with zero attached hydrogens (tertiary/aromatic N) is 2. The Labute approximate surface area is 70.2 Å². The maximum Gasteiger partial charge on any atom is 0.308 e. The number of aromatic nitrogens is 2. The molecule has 0 amide bonds. The molecule has 0 N–H and O–H groups in total. The zero-order chi connectivity index (χ0) is 9.19. The summed E-state index contributed by atoms with van der Waals surface area (Å²) in [6, 6.07) is 1.49. The molecule has 1 heterocycles. The lowest BCUT2D eigenvalue weighted by atomic mass is 10.5. The molecule has 0 bridgehead atoms. The monoisotopic (exact) mass is 192 g/mol. The maximum absolute atomic E-state index is 12.2. The van der Waals surface area contributed by atoms with Crippen LogP contribution in [0.25, 0.3) is 0 Å². The number of aryl methyl sites for hydroxylation is 1. The Bertz CT molecular complexity index is 357. The molecule has 0 radical (unpaired) electrons. The Morgan fingerprint density at radius 3 is 2.83 bits per heavy atom. The number of rotatable bonds is 3. The first kappa shape index (κ1) is 9.18. The van der Waals surface area contributed by atoms with E-state index >= 15 is 0 Å². The van der Waals surface area contributed by atoms with E-state index in [2.05, 4.69) is 5.10 Å². The van der Waals surface area contributed by atoms with E-state index in [9.17, 15) is 12.3 Å². The van der Waals surface area contributed by atoms with Crippen molar-refractivity contribution in [1.82, 2.24) is 9.78 Å². The minimum Gasteiger partial charge on any atom is -0.269 e. The highest BCUT2D eigenvalue weighted by molar-refractivity contribution is 7.85. The molecular weight excluding hydrogens is 183 g/mol. The summed E-state index contributed by atoms with van der Waals surface area (Å²) in [4.78, 5) is 0. The zero-order valence-electron chi connectivity index (χ0n) is 6.57. The van der Waals surface area contributed by atoms with Crippen LogP contribution in [0.15, 0.2) is 12.3 Å². The Hall–Kier alpha value is -0.910. The predicted octanol–water partition coefficient (Wildman–Crippen LogP) is 0.702. The normalized spacial score (nSPS) is 11.8. The van der Waals surface area contributed by atoms with E-state index in [0.29, 0.717) is 12.2 Å². The highest BCUT2D eigenvalue weighted by Crippen LogP contribution is 2.06. The summed E-state index contributed by atoms with van der Waals surface area (Å²) in [6.07, 6.45) is 1.45. The Morgan fingerprint density at radius 2 is 2.33 bits per heavy atom. The molecule has 0 aliphatic carbocycles. The molecule has 68 valence electrons. The molecule has 12 heavy (non-hydrogen) atoms. The second-order valence-corrected chi connectivity index (χ2v) is 3.69. The molecule has 0 unspecified atom stereocenters. The van der Waals surface area contributed by atoms with E-state index in [0.717, 1.165) is 0 Å². The Balaban J connectivity index is 2.89. The molecule has 0 saturated carbocycles. The highest BCUT2D eigenvalue weighted by Gasteiger charge is 2.11. The van der Waals surface area contributed by atoms with Gasteiger partial charge in [-0.15, -0.1) is 3.89 Å². The molecule has 6 heteroatoms. The lowest BCUT2D eigenvalue weighted by Gasteiger charge is -2.00. The fourth-order valence-electron chi connectivity index (χ4n) is 0.944. The second-order valence-electron chi connectivity index (χ2n) is 2.32. The van der Waals surface area contributed by atoms with Crippen LogP contribution in [0.3, 0.4) is 0 Å². The highest BCUT2D eigenvalue weighted by atomic mass is 32.3. The number of hydrogen-bond donors (Lipinski definition) is 0. The smallest absolute Gasteiger partial charge is 0.269 e. The average Bonchev–Trinajstić information content (AvgIpc) is 2.31. The Kier molecular flexibility index (Phi) is 2.46. The van der Waals surface area contributed by atoms with Crippen molar-refractivity contribution < 1.29 is 12.3 Å². The van der Waals surface area contributed by atoms with E-state index in [4.69, 9.17) is 0 Å². The maximum atomic E-state index is 12.2. The van der Waals surface area contributed by atoms with Gasteiger partial charge in [0, 0.05) is 12.7 Å². The number of halogens is 1. The first-order valence-electron chi connectivity index (χ1n) is 3.46. The van der Waals surface area contributed by atoms with Gasteiger partial charge in [0.25, 0.3) is 0 Å². The van der Waals surface area contributed by atoms with Crippen molar-refractivity contribution in [3.63, 3.8) is 0 Å². The predicted molar refractivity (Wildman–Crippen MR) is 41.6 cm³/mol. The van der Waals surface area contributed by atoms with E-state index in [1.807, 2.05) is 0 Å². The Morgan fingerprint density at radius 1 is 1.67 bits per heavy atom. The number of hydrogen-bond acceptors (Lipinski definition) is 3. The van der Waals surface area contributed by atoms with Crippen molar-refractivity contribution in [3.05, 3.63) is 18.0 Å². The van der Waals surface area contributed by atoms with Crippen molar-refractivity contribution in [2.45, 2.75) is 19.2 Å². The summed E-state index contributed by atoms with van der Waals surface area (Å²) in [7, 11) is -4.44. The van der Waals surface area contributed by atoms with Crippen LogP contribution in [0.4, 0.5) is 3.89 Å². The van der Waals surface area contributed by atoms with Gasteiger partial charge in [0.2, 0.25) is 0 Å². The van der Waals surface area contributed by atoms with Gasteiger partial charge in [0.15, 0.2) is 0 Å². The summed E-state index contributed by atoms with van der Waals surface area (Å²) >= 11 is 0. The van der Waals surface area contributed by atoms with Gasteiger partial charge in [-0.3, -0.25) is 4.68 Å². The van der Waals surface area contributed by atoms with Gasteiger partial charge < -0.3 is 0 Å². The van der Waals surface area contributed by atoms with Gasteiger partial charge in [0.1, 0.15) is 5.75 Å². The molecule has 0 aromatic carbocycles. The van der Waals surface area contributed by atoms with E-state index in [-0.39, 0.29) is 0 Å². The van der Waals surface area contributed by atoms with Crippen LogP contribution in [0.1, 0.15) is 12.6 Å². The van der Waals surface area contributed by atoms with E-state index < -0.39 is 16.0 Å². The molecule has 0 atom stereocenters. The molecule has 1 aromatic heterocycles. The molecule has 1 rings (SSSR count). The third-order valence-corrected chi connectivity index (χ3v) is 2.06. The van der Waals surface area contributed by atoms with Gasteiger partial charge in [0.05, 0.1) is 5.69 Å². The van der Waals surface area contributed by atoms with Crippen LogP contribution in [0.2, 0.25) is 0 Å². The van der Waals surface area contributed by atoms with Gasteiger partial charge in [-0.2, -0.15) is 13.5 Å². The van der Waals surface area contributed by atoms with Crippen molar-refractivity contribution in [1.29, 1.82) is 0 Å². The molecule has 4 nitrogen and oxygen atoms in total. The van der Waals surface area contributed by atoms with Crippen LogP contribution >= 0.6 is 0 Å². The third kappa shape index (κ3) is 2.30. The third-order valence-electron chi connectivity index (χ3n) is 1.42. The summed E-state index contributed by atoms with van der Waals surface area (Å²) in [5.41, 5.74) is 0.375. The quantitative estimate of drug-likeness (QED) is 0.662. The van der Waals surface area contributed by atoms with Crippen LogP contribution in [0.5, 0.6) is 0 Å². The molecule has 0 aliphatic rings. The second kappa shape index (κ2) is 3.22. The molecular formula is C6H9FN2O2S. The molecule has 0 spiro atoms. The van der Waals surface area contributed by atoms with E-state index in [1.165, 1.54) is 16.9 Å². The van der Waals surface area contributed by atoms with Gasteiger partial charge in [-0.25, -0.2) is 0 Å². The van der Waals surface area contributed by atoms with E-state index in [1.54, 1.807) is 6.92 Å². The minimum absolute atomic E-state index is 0.375. The average molecular weight is 192 g/mol. The standard InChI is InChI=1S/C6H9FN2O2S/c1-2-9-6(3-4-8-9)5-12(7,10)11/h3-4H,2,5H2,1H3. The molecule has 0 saturated heterocycles. The van der Waals surface area contributed by atoms with Crippen molar-refractivity contribution in [2.75, 3.05) is 0 Å². The minimum atomic E-state index is -4.44. The summed E-state index contributed by atoms with van der Waals surface area (Å²) in [5, 5.41) is 3.80. The van der Waals surface area contributed by atoms with Crippen LogP contribution in [-0.4, -0.2) is 18.2 Å². The van der Waals surface area contributed by atoms with Crippen molar-refractivity contribution >= 4 is 10.2 Å². The van der Waals surface area contributed by atoms with Gasteiger partial charge >= 0.3 is 10.2 Å². The summed E-state index contributed by atoms with van der Waals surface area (Å²) in [6.45, 7) is 2.35. The molecule has 1 aromatic rings. The lowest BCUT2D eigenvalue weighted by molar-refractivity contribution is 0.545. The first-order chi connectivity index (χ1) is 5.53. The lowest BCUT2D eigenvalue weighted by Crippen LogP contribution is -2.06. The first-order valence-corrected chi connectivity index (χ1v) is 5.01. The van der Waals surface area contributed by atoms with Gasteiger partial charge in [-0.1, -0.05) is 0 Å². The zero-order valence-corrected chi connectivity index (χ0v) is 7.38. The van der Waals surface area contributed by atoms with Crippen LogP contribution in [-0.2, 0) is 22.5 Å². The van der Waals surface area contributed by atoms with Gasteiger partial charge in [-0.05, 0) is 13.0 Å². The van der Waals surface area contributed by atoms with Crippen LogP contribution in [0, 0.1) is 0 Å². The summed E-state index contributed by atoms with van der Waals surface area (Å²) in [5.74, 6) is -0.596. The summed E-state index contributed by atoms with van der Waals surface area (Å²) < 4.78 is 34.2. The van der Waals surface area contributed by atoms with Crippen LogP contribution < -0.4 is 0 Å². The van der Waals surface area contributed by atoms with Crippen molar-refractivity contribution in [3.8, 4) is 0 Å².